The van der Waals surface area contributed by atoms with E-state index in [1.165, 1.54) is 11.1 Å². The van der Waals surface area contributed by atoms with Crippen molar-refractivity contribution in [2.24, 2.45) is 0 Å². The monoisotopic (exact) mass is 236 g/mol. The SMILES string of the molecule is Cc1ccc(C(CCO)CC2OCCO2)cc1. The van der Waals surface area contributed by atoms with Crippen molar-refractivity contribution >= 4 is 0 Å². The molecule has 0 spiro atoms. The van der Waals surface area contributed by atoms with Crippen LogP contribution in [0.2, 0.25) is 0 Å². The van der Waals surface area contributed by atoms with E-state index in [-0.39, 0.29) is 12.9 Å². The van der Waals surface area contributed by atoms with Crippen molar-refractivity contribution in [3.63, 3.8) is 0 Å². The van der Waals surface area contributed by atoms with Crippen molar-refractivity contribution in [3.05, 3.63) is 35.4 Å². The van der Waals surface area contributed by atoms with E-state index < -0.39 is 0 Å². The molecule has 1 atom stereocenters. The number of aliphatic hydroxyl groups excluding tert-OH is 1. The second-order valence-electron chi connectivity index (χ2n) is 4.53. The van der Waals surface area contributed by atoms with Gasteiger partial charge in [0.15, 0.2) is 6.29 Å². The molecular formula is C14H20O3. The number of benzene rings is 1. The first-order valence-corrected chi connectivity index (χ1v) is 6.20. The highest BCUT2D eigenvalue weighted by Gasteiger charge is 2.22. The van der Waals surface area contributed by atoms with Crippen LogP contribution in [0.15, 0.2) is 24.3 Å². The van der Waals surface area contributed by atoms with E-state index in [0.717, 1.165) is 12.8 Å². The molecule has 1 aliphatic heterocycles. The predicted octanol–water partition coefficient (Wildman–Crippen LogP) is 2.22. The Morgan fingerprint density at radius 1 is 1.24 bits per heavy atom. The first kappa shape index (κ1) is 12.6. The summed E-state index contributed by atoms with van der Waals surface area (Å²) in [4.78, 5) is 0. The Labute approximate surface area is 102 Å². The zero-order chi connectivity index (χ0) is 12.1. The van der Waals surface area contributed by atoms with Crippen LogP contribution in [0.4, 0.5) is 0 Å². The van der Waals surface area contributed by atoms with E-state index in [2.05, 4.69) is 31.2 Å². The summed E-state index contributed by atoms with van der Waals surface area (Å²) in [6.45, 7) is 3.65. The predicted molar refractivity (Wildman–Crippen MR) is 65.9 cm³/mol. The molecule has 0 aromatic heterocycles. The van der Waals surface area contributed by atoms with Gasteiger partial charge in [0.05, 0.1) is 13.2 Å². The summed E-state index contributed by atoms with van der Waals surface area (Å²) in [5.41, 5.74) is 2.51. The maximum absolute atomic E-state index is 9.14. The summed E-state index contributed by atoms with van der Waals surface area (Å²) in [6, 6.07) is 8.47. The maximum atomic E-state index is 9.14. The van der Waals surface area contributed by atoms with Gasteiger partial charge in [0.2, 0.25) is 0 Å². The molecule has 1 saturated heterocycles. The minimum absolute atomic E-state index is 0.104. The smallest absolute Gasteiger partial charge is 0.158 e. The molecule has 0 aliphatic carbocycles. The molecule has 1 aliphatic rings. The second-order valence-corrected chi connectivity index (χ2v) is 4.53. The van der Waals surface area contributed by atoms with Crippen LogP contribution in [0.1, 0.15) is 29.9 Å². The number of ether oxygens (including phenoxy) is 2. The van der Waals surface area contributed by atoms with Gasteiger partial charge >= 0.3 is 0 Å². The number of aryl methyl sites for hydroxylation is 1. The van der Waals surface area contributed by atoms with Crippen molar-refractivity contribution in [2.75, 3.05) is 19.8 Å². The highest BCUT2D eigenvalue weighted by molar-refractivity contribution is 5.24. The molecule has 0 radical (unpaired) electrons. The van der Waals surface area contributed by atoms with Gasteiger partial charge in [0.1, 0.15) is 0 Å². The topological polar surface area (TPSA) is 38.7 Å². The molecule has 1 N–H and O–H groups in total. The van der Waals surface area contributed by atoms with Crippen molar-refractivity contribution in [3.8, 4) is 0 Å². The molecule has 0 bridgehead atoms. The molecule has 0 amide bonds. The Bertz CT molecular complexity index is 328. The zero-order valence-corrected chi connectivity index (χ0v) is 10.3. The van der Waals surface area contributed by atoms with Gasteiger partial charge in [-0.2, -0.15) is 0 Å². The highest BCUT2D eigenvalue weighted by Crippen LogP contribution is 2.27. The van der Waals surface area contributed by atoms with Gasteiger partial charge < -0.3 is 14.6 Å². The third-order valence-electron chi connectivity index (χ3n) is 3.19. The van der Waals surface area contributed by atoms with Gasteiger partial charge in [-0.25, -0.2) is 0 Å². The summed E-state index contributed by atoms with van der Waals surface area (Å²) in [7, 11) is 0. The minimum Gasteiger partial charge on any atom is -0.396 e. The molecule has 1 aromatic rings. The quantitative estimate of drug-likeness (QED) is 0.852. The number of aliphatic hydroxyl groups is 1. The lowest BCUT2D eigenvalue weighted by molar-refractivity contribution is -0.0521. The number of hydrogen-bond acceptors (Lipinski definition) is 3. The van der Waals surface area contributed by atoms with Gasteiger partial charge in [0, 0.05) is 13.0 Å². The Morgan fingerprint density at radius 3 is 2.47 bits per heavy atom. The molecule has 94 valence electrons. The zero-order valence-electron chi connectivity index (χ0n) is 10.3. The van der Waals surface area contributed by atoms with Crippen molar-refractivity contribution < 1.29 is 14.6 Å². The van der Waals surface area contributed by atoms with Crippen LogP contribution < -0.4 is 0 Å². The Hall–Kier alpha value is -0.900. The lowest BCUT2D eigenvalue weighted by Gasteiger charge is -2.19. The standard InChI is InChI=1S/C14H20O3/c1-11-2-4-12(5-3-11)13(6-7-15)10-14-16-8-9-17-14/h2-5,13-15H,6-10H2,1H3. The number of rotatable bonds is 5. The number of hydrogen-bond donors (Lipinski definition) is 1. The molecule has 2 rings (SSSR count). The molecule has 17 heavy (non-hydrogen) atoms. The molecule has 3 heteroatoms. The average Bonchev–Trinajstić information content (AvgIpc) is 2.82. The molecule has 1 unspecified atom stereocenters. The molecular weight excluding hydrogens is 216 g/mol. The second kappa shape index (κ2) is 6.15. The summed E-state index contributed by atoms with van der Waals surface area (Å²) >= 11 is 0. The van der Waals surface area contributed by atoms with Gasteiger partial charge in [-0.3, -0.25) is 0 Å². The molecule has 1 fully saturated rings. The van der Waals surface area contributed by atoms with Crippen LogP contribution in [0.3, 0.4) is 0 Å². The average molecular weight is 236 g/mol. The van der Waals surface area contributed by atoms with Crippen molar-refractivity contribution in [2.45, 2.75) is 32.0 Å². The van der Waals surface area contributed by atoms with Gasteiger partial charge in [-0.1, -0.05) is 29.8 Å². The fraction of sp³-hybridized carbons (Fsp3) is 0.571. The lowest BCUT2D eigenvalue weighted by Crippen LogP contribution is -2.14. The fourth-order valence-corrected chi connectivity index (χ4v) is 2.19. The fourth-order valence-electron chi connectivity index (χ4n) is 2.19. The van der Waals surface area contributed by atoms with Crippen LogP contribution in [-0.4, -0.2) is 31.2 Å². The van der Waals surface area contributed by atoms with E-state index in [1.54, 1.807) is 0 Å². The van der Waals surface area contributed by atoms with Gasteiger partial charge in [-0.05, 0) is 24.8 Å². The molecule has 1 aromatic carbocycles. The van der Waals surface area contributed by atoms with E-state index in [4.69, 9.17) is 14.6 Å². The lowest BCUT2D eigenvalue weighted by atomic mass is 9.92. The Morgan fingerprint density at radius 2 is 1.88 bits per heavy atom. The van der Waals surface area contributed by atoms with Crippen LogP contribution in [0, 0.1) is 6.92 Å². The van der Waals surface area contributed by atoms with E-state index in [1.807, 2.05) is 0 Å². The molecule has 3 nitrogen and oxygen atoms in total. The third-order valence-corrected chi connectivity index (χ3v) is 3.19. The van der Waals surface area contributed by atoms with Crippen molar-refractivity contribution in [1.82, 2.24) is 0 Å². The van der Waals surface area contributed by atoms with Gasteiger partial charge in [0.25, 0.3) is 0 Å². The summed E-state index contributed by atoms with van der Waals surface area (Å²) in [5, 5.41) is 9.14. The maximum Gasteiger partial charge on any atom is 0.158 e. The Balaban J connectivity index is 2.02. The summed E-state index contributed by atoms with van der Waals surface area (Å²) < 4.78 is 10.9. The first-order valence-electron chi connectivity index (χ1n) is 6.20. The molecule has 1 heterocycles. The first-order chi connectivity index (χ1) is 8.29. The third kappa shape index (κ3) is 3.53. The van der Waals surface area contributed by atoms with Crippen LogP contribution in [-0.2, 0) is 9.47 Å². The van der Waals surface area contributed by atoms with E-state index in [0.29, 0.717) is 19.1 Å². The summed E-state index contributed by atoms with van der Waals surface area (Å²) in [6.07, 6.45) is 1.48. The highest BCUT2D eigenvalue weighted by atomic mass is 16.7. The van der Waals surface area contributed by atoms with Crippen LogP contribution >= 0.6 is 0 Å². The van der Waals surface area contributed by atoms with E-state index >= 15 is 0 Å². The Kier molecular flexibility index (Phi) is 4.54. The molecule has 0 saturated carbocycles. The normalized spacial score (nSPS) is 18.5. The van der Waals surface area contributed by atoms with Crippen LogP contribution in [0.25, 0.3) is 0 Å². The van der Waals surface area contributed by atoms with Crippen molar-refractivity contribution in [1.29, 1.82) is 0 Å². The summed E-state index contributed by atoms with van der Waals surface area (Å²) in [5.74, 6) is 0.309. The van der Waals surface area contributed by atoms with Crippen LogP contribution in [0.5, 0.6) is 0 Å². The minimum atomic E-state index is -0.104. The van der Waals surface area contributed by atoms with E-state index in [9.17, 15) is 0 Å². The largest absolute Gasteiger partial charge is 0.396 e. The van der Waals surface area contributed by atoms with Gasteiger partial charge in [-0.15, -0.1) is 0 Å².